The molecular weight excluding hydrogens is 270 g/mol. The van der Waals surface area contributed by atoms with Crippen LogP contribution in [0.15, 0.2) is 48.5 Å². The molecule has 0 saturated carbocycles. The van der Waals surface area contributed by atoms with E-state index in [1.165, 1.54) is 12.1 Å². The van der Waals surface area contributed by atoms with Gasteiger partial charge in [0.05, 0.1) is 11.0 Å². The van der Waals surface area contributed by atoms with Crippen molar-refractivity contribution in [3.8, 4) is 5.75 Å². The topological polar surface area (TPSA) is 72.6 Å². The van der Waals surface area contributed by atoms with E-state index in [1.807, 2.05) is 24.3 Å². The second kappa shape index (κ2) is 6.85. The van der Waals surface area contributed by atoms with Gasteiger partial charge in [-0.3, -0.25) is 10.1 Å². The molecule has 5 heteroatoms. The Morgan fingerprint density at radius 2 is 1.90 bits per heavy atom. The average Bonchev–Trinajstić information content (AvgIpc) is 2.46. The van der Waals surface area contributed by atoms with E-state index < -0.39 is 4.92 Å². The highest BCUT2D eigenvalue weighted by Gasteiger charge is 2.06. The van der Waals surface area contributed by atoms with Crippen LogP contribution in [-0.2, 0) is 13.0 Å². The molecule has 1 atom stereocenters. The molecular formula is C16H17NO4. The largest absolute Gasteiger partial charge is 0.489 e. The number of rotatable bonds is 6. The molecule has 0 aliphatic rings. The first-order valence-electron chi connectivity index (χ1n) is 6.68. The van der Waals surface area contributed by atoms with E-state index in [9.17, 15) is 15.2 Å². The molecule has 0 heterocycles. The van der Waals surface area contributed by atoms with E-state index >= 15 is 0 Å². The van der Waals surface area contributed by atoms with Gasteiger partial charge in [0.15, 0.2) is 0 Å². The fraction of sp³-hybridized carbons (Fsp3) is 0.250. The van der Waals surface area contributed by atoms with Gasteiger partial charge in [0.25, 0.3) is 5.69 Å². The first kappa shape index (κ1) is 15.0. The second-order valence-electron chi connectivity index (χ2n) is 4.91. The van der Waals surface area contributed by atoms with Crippen LogP contribution >= 0.6 is 0 Å². The van der Waals surface area contributed by atoms with Gasteiger partial charge in [0.1, 0.15) is 12.4 Å². The van der Waals surface area contributed by atoms with Crippen molar-refractivity contribution >= 4 is 5.69 Å². The summed E-state index contributed by atoms with van der Waals surface area (Å²) in [6, 6.07) is 13.8. The van der Waals surface area contributed by atoms with Crippen molar-refractivity contribution in [2.45, 2.75) is 26.1 Å². The minimum Gasteiger partial charge on any atom is -0.489 e. The van der Waals surface area contributed by atoms with Gasteiger partial charge >= 0.3 is 0 Å². The van der Waals surface area contributed by atoms with Gasteiger partial charge in [-0.15, -0.1) is 0 Å². The molecule has 5 nitrogen and oxygen atoms in total. The van der Waals surface area contributed by atoms with Crippen molar-refractivity contribution in [1.29, 1.82) is 0 Å². The highest BCUT2D eigenvalue weighted by molar-refractivity contribution is 5.34. The Balaban J connectivity index is 1.96. The number of hydrogen-bond acceptors (Lipinski definition) is 4. The number of hydrogen-bond donors (Lipinski definition) is 1. The van der Waals surface area contributed by atoms with Crippen molar-refractivity contribution in [2.75, 3.05) is 0 Å². The molecule has 21 heavy (non-hydrogen) atoms. The van der Waals surface area contributed by atoms with Crippen molar-refractivity contribution in [3.05, 3.63) is 69.8 Å². The van der Waals surface area contributed by atoms with Gasteiger partial charge in [-0.05, 0) is 36.6 Å². The van der Waals surface area contributed by atoms with Crippen LogP contribution in [0.5, 0.6) is 5.75 Å². The lowest BCUT2D eigenvalue weighted by atomic mass is 10.1. The van der Waals surface area contributed by atoms with Crippen LogP contribution in [0.3, 0.4) is 0 Å². The summed E-state index contributed by atoms with van der Waals surface area (Å²) >= 11 is 0. The zero-order valence-corrected chi connectivity index (χ0v) is 11.7. The molecule has 0 bridgehead atoms. The molecule has 2 aromatic rings. The molecule has 110 valence electrons. The summed E-state index contributed by atoms with van der Waals surface area (Å²) in [5.74, 6) is 0.691. The van der Waals surface area contributed by atoms with Crippen LogP contribution in [0.1, 0.15) is 18.1 Å². The predicted octanol–water partition coefficient (Wildman–Crippen LogP) is 3.10. The molecule has 0 saturated heterocycles. The smallest absolute Gasteiger partial charge is 0.269 e. The highest BCUT2D eigenvalue weighted by atomic mass is 16.6. The van der Waals surface area contributed by atoms with Crippen molar-refractivity contribution in [1.82, 2.24) is 0 Å². The number of ether oxygens (including phenoxy) is 1. The molecule has 0 fully saturated rings. The normalized spacial score (nSPS) is 11.9. The van der Waals surface area contributed by atoms with E-state index in [0.29, 0.717) is 12.2 Å². The van der Waals surface area contributed by atoms with Gasteiger partial charge in [0.2, 0.25) is 0 Å². The summed E-state index contributed by atoms with van der Waals surface area (Å²) in [7, 11) is 0. The lowest BCUT2D eigenvalue weighted by molar-refractivity contribution is -0.384. The van der Waals surface area contributed by atoms with Crippen LogP contribution in [0.2, 0.25) is 0 Å². The Labute approximate surface area is 123 Å². The predicted molar refractivity (Wildman–Crippen MR) is 79.3 cm³/mol. The minimum atomic E-state index is -0.422. The van der Waals surface area contributed by atoms with E-state index in [2.05, 4.69) is 0 Å². The Morgan fingerprint density at radius 3 is 2.52 bits per heavy atom. The molecule has 0 aliphatic carbocycles. The van der Waals surface area contributed by atoms with Gasteiger partial charge in [-0.25, -0.2) is 0 Å². The number of nitro groups is 1. The van der Waals surface area contributed by atoms with Crippen LogP contribution in [0.4, 0.5) is 5.69 Å². The summed E-state index contributed by atoms with van der Waals surface area (Å²) in [4.78, 5) is 10.3. The quantitative estimate of drug-likeness (QED) is 0.654. The zero-order valence-electron chi connectivity index (χ0n) is 11.7. The van der Waals surface area contributed by atoms with E-state index in [-0.39, 0.29) is 18.4 Å². The van der Waals surface area contributed by atoms with Crippen LogP contribution in [0.25, 0.3) is 0 Å². The summed E-state index contributed by atoms with van der Waals surface area (Å²) in [6.45, 7) is 2.02. The van der Waals surface area contributed by atoms with Crippen molar-refractivity contribution in [2.24, 2.45) is 0 Å². The molecule has 0 aliphatic heterocycles. The summed E-state index contributed by atoms with van der Waals surface area (Å²) in [5.41, 5.74) is 1.84. The first-order valence-corrected chi connectivity index (χ1v) is 6.68. The fourth-order valence-electron chi connectivity index (χ4n) is 1.99. The third-order valence-electron chi connectivity index (χ3n) is 2.98. The van der Waals surface area contributed by atoms with Crippen LogP contribution in [0, 0.1) is 10.1 Å². The van der Waals surface area contributed by atoms with Crippen LogP contribution in [-0.4, -0.2) is 16.1 Å². The third kappa shape index (κ3) is 4.57. The number of aliphatic hydroxyl groups is 1. The van der Waals surface area contributed by atoms with E-state index in [4.69, 9.17) is 4.74 Å². The van der Waals surface area contributed by atoms with Crippen molar-refractivity contribution < 1.29 is 14.8 Å². The lowest BCUT2D eigenvalue weighted by Gasteiger charge is -2.08. The Hall–Kier alpha value is -2.40. The molecule has 2 aromatic carbocycles. The maximum Gasteiger partial charge on any atom is 0.269 e. The van der Waals surface area contributed by atoms with Gasteiger partial charge in [0, 0.05) is 12.1 Å². The summed E-state index contributed by atoms with van der Waals surface area (Å²) in [5, 5.41) is 20.0. The van der Waals surface area contributed by atoms with Crippen LogP contribution < -0.4 is 4.74 Å². The summed E-state index contributed by atoms with van der Waals surface area (Å²) in [6.07, 6.45) is 0.229. The van der Waals surface area contributed by atoms with Crippen molar-refractivity contribution in [3.63, 3.8) is 0 Å². The zero-order chi connectivity index (χ0) is 15.2. The maximum atomic E-state index is 10.7. The number of nitrogens with zero attached hydrogens (tertiary/aromatic N) is 1. The second-order valence-corrected chi connectivity index (χ2v) is 4.91. The molecule has 0 spiro atoms. The number of benzene rings is 2. The molecule has 0 aromatic heterocycles. The molecule has 1 unspecified atom stereocenters. The van der Waals surface area contributed by atoms with Gasteiger partial charge in [-0.1, -0.05) is 24.3 Å². The number of non-ortho nitro benzene ring substituents is 1. The van der Waals surface area contributed by atoms with Gasteiger partial charge < -0.3 is 9.84 Å². The van der Waals surface area contributed by atoms with Gasteiger partial charge in [-0.2, -0.15) is 0 Å². The first-order chi connectivity index (χ1) is 10.0. The molecule has 0 radical (unpaired) electrons. The number of nitro benzene ring substituents is 1. The Kier molecular flexibility index (Phi) is 4.90. The van der Waals surface area contributed by atoms with E-state index in [0.717, 1.165) is 11.1 Å². The highest BCUT2D eigenvalue weighted by Crippen LogP contribution is 2.17. The number of aliphatic hydroxyl groups excluding tert-OH is 1. The van der Waals surface area contributed by atoms with E-state index in [1.54, 1.807) is 19.1 Å². The Morgan fingerprint density at radius 1 is 1.19 bits per heavy atom. The fourth-order valence-corrected chi connectivity index (χ4v) is 1.99. The average molecular weight is 287 g/mol. The lowest BCUT2D eigenvalue weighted by Crippen LogP contribution is -2.04. The minimum absolute atomic E-state index is 0.0587. The Bertz CT molecular complexity index is 608. The molecule has 2 rings (SSSR count). The molecule has 1 N–H and O–H groups in total. The molecule has 0 amide bonds. The SMILES string of the molecule is CC(O)Cc1ccc(OCc2cccc([N+](=O)[O-])c2)cc1. The monoisotopic (exact) mass is 287 g/mol. The summed E-state index contributed by atoms with van der Waals surface area (Å²) < 4.78 is 5.60. The standard InChI is InChI=1S/C16H17NO4/c1-12(18)9-13-5-7-16(8-6-13)21-11-14-3-2-4-15(10-14)17(19)20/h2-8,10,12,18H,9,11H2,1H3. The maximum absolute atomic E-state index is 10.7. The third-order valence-corrected chi connectivity index (χ3v) is 2.98.